The zero-order chi connectivity index (χ0) is 36.5. The first-order chi connectivity index (χ1) is 25.1. The largest absolute Gasteiger partial charge is 0.508 e. The van der Waals surface area contributed by atoms with E-state index in [0.717, 1.165) is 83.1 Å². The van der Waals surface area contributed by atoms with E-state index >= 15 is 0 Å². The maximum absolute atomic E-state index is 13.3. The molecule has 11 heteroatoms. The van der Waals surface area contributed by atoms with E-state index in [-0.39, 0.29) is 47.4 Å². The van der Waals surface area contributed by atoms with Crippen molar-refractivity contribution in [1.82, 2.24) is 15.0 Å². The van der Waals surface area contributed by atoms with E-state index in [1.807, 2.05) is 73.0 Å². The number of aryl methyl sites for hydroxylation is 2. The molecule has 3 aromatic carbocycles. The summed E-state index contributed by atoms with van der Waals surface area (Å²) < 4.78 is 5.33. The van der Waals surface area contributed by atoms with Crippen molar-refractivity contribution in [2.45, 2.75) is 72.0 Å². The average molecular weight is 705 g/mol. The molecule has 0 aliphatic carbocycles. The quantitative estimate of drug-likeness (QED) is 0.176. The van der Waals surface area contributed by atoms with Crippen LogP contribution in [0.25, 0.3) is 11.1 Å². The van der Waals surface area contributed by atoms with Crippen LogP contribution >= 0.6 is 0 Å². The molecule has 11 nitrogen and oxygen atoms in total. The van der Waals surface area contributed by atoms with E-state index in [1.165, 1.54) is 0 Å². The number of phenols is 1. The molecular formula is C41H48N6O5. The summed E-state index contributed by atoms with van der Waals surface area (Å²) in [5, 5.41) is 21.1. The highest BCUT2D eigenvalue weighted by atomic mass is 16.5. The van der Waals surface area contributed by atoms with Gasteiger partial charge in [-0.3, -0.25) is 19.3 Å². The number of phenolic OH excluding ortho intramolecular Hbond substituents is 1. The highest BCUT2D eigenvalue weighted by Crippen LogP contribution is 2.39. The normalized spacial score (nSPS) is 19.5. The number of nitrogens with zero attached hydrogens (tertiary/aromatic N) is 4. The number of likely N-dealkylation sites (tertiary alicyclic amines) is 2. The zero-order valence-corrected chi connectivity index (χ0v) is 30.4. The molecule has 2 atom stereocenters. The number of carbonyl (C=O) groups excluding carboxylic acids is 3. The van der Waals surface area contributed by atoms with Crippen molar-refractivity contribution in [2.75, 3.05) is 41.7 Å². The molecule has 2 fully saturated rings. The minimum Gasteiger partial charge on any atom is -0.508 e. The smallest absolute Gasteiger partial charge is 0.231 e. The van der Waals surface area contributed by atoms with Gasteiger partial charge in [-0.25, -0.2) is 0 Å². The van der Waals surface area contributed by atoms with Gasteiger partial charge in [0.1, 0.15) is 11.5 Å². The molecule has 3 amide bonds. The van der Waals surface area contributed by atoms with Gasteiger partial charge in [-0.15, -0.1) is 0 Å². The second-order valence-electron chi connectivity index (χ2n) is 14.6. The van der Waals surface area contributed by atoms with Crippen molar-refractivity contribution in [3.63, 3.8) is 0 Å². The SMILES string of the molecule is CCC(=O)N1c2ccccc2[C@H](Nc2ccc(NC(=O)C3CN(C(=O)C4CCN(Cc5cc(O)cc(-c6c(C)noc6C)c5)CC4)C3)cc2)C[C@@H]1C. The highest BCUT2D eigenvalue weighted by molar-refractivity contribution is 5.96. The predicted molar refractivity (Wildman–Crippen MR) is 201 cm³/mol. The summed E-state index contributed by atoms with van der Waals surface area (Å²) in [6.07, 6.45) is 2.80. The number of carbonyl (C=O) groups is 3. The van der Waals surface area contributed by atoms with Gasteiger partial charge in [0.15, 0.2) is 0 Å². The lowest BCUT2D eigenvalue weighted by Gasteiger charge is -2.41. The van der Waals surface area contributed by atoms with E-state index in [9.17, 15) is 19.5 Å². The molecule has 7 rings (SSSR count). The van der Waals surface area contributed by atoms with Crippen LogP contribution in [0.2, 0.25) is 0 Å². The Morgan fingerprint density at radius 3 is 2.35 bits per heavy atom. The van der Waals surface area contributed by atoms with Crippen LogP contribution in [0.15, 0.2) is 71.3 Å². The minimum absolute atomic E-state index is 0.0448. The summed E-state index contributed by atoms with van der Waals surface area (Å²) in [4.78, 5) is 45.1. The topological polar surface area (TPSA) is 131 Å². The number of fused-ring (bicyclic) bond motifs is 1. The van der Waals surface area contributed by atoms with Crippen molar-refractivity contribution < 1.29 is 24.0 Å². The maximum Gasteiger partial charge on any atom is 0.231 e. The summed E-state index contributed by atoms with van der Waals surface area (Å²) in [6, 6.07) is 21.5. The number of aromatic hydroxyl groups is 1. The van der Waals surface area contributed by atoms with Gasteiger partial charge in [0.2, 0.25) is 17.7 Å². The Hall–Kier alpha value is -5.16. The fourth-order valence-corrected chi connectivity index (χ4v) is 8.08. The molecule has 3 aliphatic rings. The number of rotatable bonds is 9. The first kappa shape index (κ1) is 35.3. The van der Waals surface area contributed by atoms with Crippen LogP contribution in [-0.4, -0.2) is 70.0 Å². The molecule has 1 aromatic heterocycles. The Kier molecular flexibility index (Phi) is 10.1. The fourth-order valence-electron chi connectivity index (χ4n) is 8.08. The highest BCUT2D eigenvalue weighted by Gasteiger charge is 2.39. The summed E-state index contributed by atoms with van der Waals surface area (Å²) in [7, 11) is 0. The number of hydrogen-bond donors (Lipinski definition) is 3. The van der Waals surface area contributed by atoms with E-state index in [2.05, 4.69) is 39.7 Å². The number of benzene rings is 3. The van der Waals surface area contributed by atoms with Crippen LogP contribution in [0.5, 0.6) is 5.75 Å². The van der Waals surface area contributed by atoms with Gasteiger partial charge in [0, 0.05) is 60.6 Å². The average Bonchev–Trinajstić information content (AvgIpc) is 3.45. The molecular weight excluding hydrogens is 656 g/mol. The van der Waals surface area contributed by atoms with Gasteiger partial charge in [-0.1, -0.05) is 30.3 Å². The van der Waals surface area contributed by atoms with Crippen LogP contribution in [0.1, 0.15) is 68.2 Å². The molecule has 272 valence electrons. The van der Waals surface area contributed by atoms with Crippen molar-refractivity contribution in [3.8, 4) is 16.9 Å². The maximum atomic E-state index is 13.3. The molecule has 4 heterocycles. The Labute approximate surface area is 305 Å². The molecule has 0 spiro atoms. The lowest BCUT2D eigenvalue weighted by Crippen LogP contribution is -2.56. The Morgan fingerprint density at radius 2 is 1.65 bits per heavy atom. The molecule has 4 aromatic rings. The predicted octanol–water partition coefficient (Wildman–Crippen LogP) is 6.66. The molecule has 0 unspecified atom stereocenters. The standard InChI is InChI=1S/C41H48N6O5/c1-5-38(49)47-25(2)18-36(35-8-6-7-9-37(35)47)42-32-10-12-33(13-11-32)43-40(50)31-23-46(24-31)41(51)29-14-16-45(17-15-29)22-28-19-30(21-34(48)20-28)39-26(3)44-52-27(39)4/h6-13,19-21,25,29,31,36,42,48H,5,14-18,22-24H2,1-4H3,(H,43,50)/t25-,36+/m0/s1. The molecule has 0 saturated carbocycles. The molecule has 3 aliphatic heterocycles. The van der Waals surface area contributed by atoms with Crippen LogP contribution in [-0.2, 0) is 20.9 Å². The summed E-state index contributed by atoms with van der Waals surface area (Å²) in [6.45, 7) is 10.9. The Bertz CT molecular complexity index is 1920. The fraction of sp³-hybridized carbons (Fsp3) is 0.415. The second-order valence-corrected chi connectivity index (χ2v) is 14.6. The number of amides is 3. The molecule has 3 N–H and O–H groups in total. The van der Waals surface area contributed by atoms with Gasteiger partial charge in [0.25, 0.3) is 0 Å². The lowest BCUT2D eigenvalue weighted by molar-refractivity contribution is -0.146. The minimum atomic E-state index is -0.228. The van der Waals surface area contributed by atoms with Gasteiger partial charge < -0.3 is 30.1 Å². The number of anilines is 3. The van der Waals surface area contributed by atoms with E-state index in [4.69, 9.17) is 4.52 Å². The molecule has 0 bridgehead atoms. The number of hydrogen-bond acceptors (Lipinski definition) is 8. The van der Waals surface area contributed by atoms with Crippen LogP contribution in [0, 0.1) is 25.7 Å². The third kappa shape index (κ3) is 7.27. The van der Waals surface area contributed by atoms with Crippen molar-refractivity contribution in [1.29, 1.82) is 0 Å². The van der Waals surface area contributed by atoms with Crippen LogP contribution < -0.4 is 15.5 Å². The lowest BCUT2D eigenvalue weighted by atomic mass is 9.91. The third-order valence-electron chi connectivity index (χ3n) is 10.9. The van der Waals surface area contributed by atoms with Crippen molar-refractivity contribution in [3.05, 3.63) is 89.3 Å². The molecule has 2 saturated heterocycles. The summed E-state index contributed by atoms with van der Waals surface area (Å²) in [5.74, 6) is 0.849. The number of nitrogens with one attached hydrogen (secondary N) is 2. The van der Waals surface area contributed by atoms with Gasteiger partial charge in [-0.05, 0) is 118 Å². The second kappa shape index (κ2) is 14.8. The monoisotopic (exact) mass is 704 g/mol. The van der Waals surface area contributed by atoms with Gasteiger partial charge >= 0.3 is 0 Å². The number of para-hydroxylation sites is 1. The Balaban J connectivity index is 0.866. The summed E-state index contributed by atoms with van der Waals surface area (Å²) >= 11 is 0. The van der Waals surface area contributed by atoms with Crippen molar-refractivity contribution in [2.24, 2.45) is 11.8 Å². The third-order valence-corrected chi connectivity index (χ3v) is 10.9. The van der Waals surface area contributed by atoms with E-state index in [0.29, 0.717) is 26.1 Å². The van der Waals surface area contributed by atoms with Crippen LogP contribution in [0.4, 0.5) is 17.1 Å². The first-order valence-electron chi connectivity index (χ1n) is 18.4. The molecule has 0 radical (unpaired) electrons. The van der Waals surface area contributed by atoms with E-state index in [1.54, 1.807) is 12.1 Å². The van der Waals surface area contributed by atoms with Crippen molar-refractivity contribution >= 4 is 34.8 Å². The van der Waals surface area contributed by atoms with Gasteiger partial charge in [0.05, 0.1) is 17.7 Å². The van der Waals surface area contributed by atoms with Crippen LogP contribution in [0.3, 0.4) is 0 Å². The first-order valence-corrected chi connectivity index (χ1v) is 18.4. The van der Waals surface area contributed by atoms with E-state index < -0.39 is 0 Å². The summed E-state index contributed by atoms with van der Waals surface area (Å²) in [5.41, 5.74) is 7.31. The van der Waals surface area contributed by atoms with Gasteiger partial charge in [-0.2, -0.15) is 0 Å². The zero-order valence-electron chi connectivity index (χ0n) is 30.4. The number of piperidine rings is 1. The number of aromatic nitrogens is 1. The molecule has 52 heavy (non-hydrogen) atoms. The Morgan fingerprint density at radius 1 is 0.942 bits per heavy atom.